The van der Waals surface area contributed by atoms with Gasteiger partial charge in [-0.2, -0.15) is 0 Å². The van der Waals surface area contributed by atoms with Crippen LogP contribution in [0.5, 0.6) is 0 Å². The highest BCUT2D eigenvalue weighted by atomic mass is 32.2. The minimum Gasteiger partial charge on any atom is -0.543 e. The number of carbonyl (C=O) groups excluding carboxylic acids is 2. The van der Waals surface area contributed by atoms with Crippen LogP contribution in [0.25, 0.3) is 0 Å². The Labute approximate surface area is 144 Å². The van der Waals surface area contributed by atoms with E-state index in [-0.39, 0.29) is 28.5 Å². The third-order valence-corrected chi connectivity index (χ3v) is 7.47. The summed E-state index contributed by atoms with van der Waals surface area (Å²) in [5, 5.41) is 21.1. The molecular formula is C16H23NO4S2. The Kier molecular flexibility index (Phi) is 6.22. The van der Waals surface area contributed by atoms with Crippen LogP contribution in [0.3, 0.4) is 0 Å². The number of allylic oxidation sites excluding steroid dienone is 1. The molecule has 2 rings (SSSR count). The minimum atomic E-state index is -1.30. The lowest BCUT2D eigenvalue weighted by Gasteiger charge is -2.45. The van der Waals surface area contributed by atoms with Crippen LogP contribution in [-0.4, -0.2) is 57.5 Å². The standard InChI is InChI=1S/C16H23NO4S2/c1-4-5-7-23(3)8-6-22-12-9-11-13(10(2)18)15(19)17(11)14(12)16(20)21/h4,10-11,13,18H,1,5-9H2,2-3H3/t10-,11?,13?,23?/m1/s1. The number of hydrogen-bond donors (Lipinski definition) is 1. The molecule has 0 spiro atoms. The number of aliphatic hydroxyl groups excluding tert-OH is 1. The Balaban J connectivity index is 1.97. The third-order valence-electron chi connectivity index (χ3n) is 4.26. The van der Waals surface area contributed by atoms with E-state index in [9.17, 15) is 19.8 Å². The minimum absolute atomic E-state index is 0.0176. The van der Waals surface area contributed by atoms with E-state index in [2.05, 4.69) is 12.8 Å². The first-order valence-electron chi connectivity index (χ1n) is 7.67. The van der Waals surface area contributed by atoms with Crippen molar-refractivity contribution in [2.24, 2.45) is 5.92 Å². The van der Waals surface area contributed by atoms with Crippen LogP contribution < -0.4 is 5.11 Å². The fraction of sp³-hybridized carbons (Fsp3) is 0.625. The van der Waals surface area contributed by atoms with Crippen molar-refractivity contribution in [3.05, 3.63) is 23.3 Å². The molecule has 5 nitrogen and oxygen atoms in total. The summed E-state index contributed by atoms with van der Waals surface area (Å²) in [5.74, 6) is 0.859. The van der Waals surface area contributed by atoms with Gasteiger partial charge in [-0.3, -0.25) is 4.79 Å². The number of thioether (sulfide) groups is 1. The topological polar surface area (TPSA) is 80.7 Å². The van der Waals surface area contributed by atoms with Gasteiger partial charge in [0, 0.05) is 23.5 Å². The van der Waals surface area contributed by atoms with Crippen LogP contribution in [0, 0.1) is 5.92 Å². The first kappa shape index (κ1) is 18.4. The Hall–Kier alpha value is -0.920. The van der Waals surface area contributed by atoms with Gasteiger partial charge in [-0.1, -0.05) is 6.08 Å². The van der Waals surface area contributed by atoms with Gasteiger partial charge in [0.05, 0.1) is 36.0 Å². The monoisotopic (exact) mass is 357 g/mol. The van der Waals surface area contributed by atoms with Gasteiger partial charge in [0.1, 0.15) is 11.5 Å². The van der Waals surface area contributed by atoms with Gasteiger partial charge < -0.3 is 19.9 Å². The third kappa shape index (κ3) is 3.78. The van der Waals surface area contributed by atoms with E-state index in [0.717, 1.165) is 23.7 Å². The van der Waals surface area contributed by atoms with Crippen molar-refractivity contribution in [3.63, 3.8) is 0 Å². The molecular weight excluding hydrogens is 334 g/mol. The lowest BCUT2D eigenvalue weighted by molar-refractivity contribution is -0.301. The highest BCUT2D eigenvalue weighted by Crippen LogP contribution is 2.46. The summed E-state index contributed by atoms with van der Waals surface area (Å²) < 4.78 is 0. The van der Waals surface area contributed by atoms with E-state index in [4.69, 9.17) is 0 Å². The highest BCUT2D eigenvalue weighted by molar-refractivity contribution is 8.04. The zero-order valence-corrected chi connectivity index (χ0v) is 15.1. The molecule has 2 heterocycles. The Morgan fingerprint density at radius 1 is 1.61 bits per heavy atom. The Morgan fingerprint density at radius 2 is 2.30 bits per heavy atom. The van der Waals surface area contributed by atoms with E-state index in [1.807, 2.05) is 6.08 Å². The largest absolute Gasteiger partial charge is 0.543 e. The molecule has 1 N–H and O–H groups in total. The van der Waals surface area contributed by atoms with E-state index < -0.39 is 18.0 Å². The van der Waals surface area contributed by atoms with Crippen LogP contribution >= 0.6 is 11.8 Å². The SMILES string of the molecule is C=CCC[S+](C)CCSC1=C(C(=O)[O-])N2C(=O)C([C@@H](C)O)C2C1. The van der Waals surface area contributed by atoms with Gasteiger partial charge in [0.2, 0.25) is 5.91 Å². The molecule has 0 aliphatic carbocycles. The molecule has 1 saturated heterocycles. The van der Waals surface area contributed by atoms with Gasteiger partial charge in [-0.15, -0.1) is 18.3 Å². The molecule has 0 aromatic heterocycles. The van der Waals surface area contributed by atoms with Crippen LogP contribution in [0.15, 0.2) is 23.3 Å². The van der Waals surface area contributed by atoms with Crippen LogP contribution in [0.4, 0.5) is 0 Å². The second-order valence-corrected chi connectivity index (χ2v) is 9.49. The molecule has 0 radical (unpaired) electrons. The predicted molar refractivity (Wildman–Crippen MR) is 92.7 cm³/mol. The first-order valence-corrected chi connectivity index (χ1v) is 10.6. The van der Waals surface area contributed by atoms with E-state index in [1.165, 1.54) is 16.7 Å². The van der Waals surface area contributed by atoms with Crippen molar-refractivity contribution in [2.45, 2.75) is 31.9 Å². The van der Waals surface area contributed by atoms with Crippen LogP contribution in [-0.2, 0) is 20.5 Å². The summed E-state index contributed by atoms with van der Waals surface area (Å²) in [6, 6.07) is -0.224. The molecule has 128 valence electrons. The number of β-lactam (4-membered cyclic amide) rings is 1. The van der Waals surface area contributed by atoms with Crippen molar-refractivity contribution in [2.75, 3.05) is 23.5 Å². The van der Waals surface area contributed by atoms with Crippen molar-refractivity contribution >= 4 is 34.5 Å². The van der Waals surface area contributed by atoms with Gasteiger partial charge in [-0.25, -0.2) is 0 Å². The number of amides is 1. The second-order valence-electron chi connectivity index (χ2n) is 5.92. The number of nitrogens with zero attached hydrogens (tertiary/aromatic N) is 1. The zero-order chi connectivity index (χ0) is 17.1. The molecule has 0 saturated carbocycles. The maximum absolute atomic E-state index is 12.1. The summed E-state index contributed by atoms with van der Waals surface area (Å²) in [4.78, 5) is 25.5. The lowest BCUT2D eigenvalue weighted by Crippen LogP contribution is -2.62. The van der Waals surface area contributed by atoms with Gasteiger partial charge >= 0.3 is 0 Å². The average Bonchev–Trinajstić information content (AvgIpc) is 2.79. The number of hydrogen-bond acceptors (Lipinski definition) is 5. The summed E-state index contributed by atoms with van der Waals surface area (Å²) >= 11 is 1.51. The number of aliphatic hydroxyl groups is 1. The number of fused-ring (bicyclic) bond motifs is 1. The molecule has 2 aliphatic heterocycles. The summed E-state index contributed by atoms with van der Waals surface area (Å²) in [7, 11) is 0.287. The normalized spacial score (nSPS) is 25.9. The number of rotatable bonds is 9. The van der Waals surface area contributed by atoms with Crippen molar-refractivity contribution in [1.82, 2.24) is 4.90 Å². The molecule has 0 aromatic rings. The first-order chi connectivity index (χ1) is 10.9. The maximum atomic E-state index is 12.1. The predicted octanol–water partition coefficient (Wildman–Crippen LogP) is 0.117. The zero-order valence-electron chi connectivity index (χ0n) is 13.5. The number of aliphatic carboxylic acids is 1. The van der Waals surface area contributed by atoms with Gasteiger partial charge in [0.15, 0.2) is 0 Å². The smallest absolute Gasteiger partial charge is 0.235 e. The van der Waals surface area contributed by atoms with Crippen molar-refractivity contribution in [1.29, 1.82) is 0 Å². The molecule has 3 unspecified atom stereocenters. The molecule has 23 heavy (non-hydrogen) atoms. The quantitative estimate of drug-likeness (QED) is 0.360. The van der Waals surface area contributed by atoms with E-state index in [1.54, 1.807) is 6.92 Å². The van der Waals surface area contributed by atoms with E-state index in [0.29, 0.717) is 11.3 Å². The van der Waals surface area contributed by atoms with Gasteiger partial charge in [0.25, 0.3) is 0 Å². The van der Waals surface area contributed by atoms with Gasteiger partial charge in [-0.05, 0) is 17.8 Å². The molecule has 1 amide bonds. The molecule has 7 heteroatoms. The second kappa shape index (κ2) is 7.77. The van der Waals surface area contributed by atoms with Crippen LogP contribution in [0.2, 0.25) is 0 Å². The van der Waals surface area contributed by atoms with Crippen LogP contribution in [0.1, 0.15) is 19.8 Å². The lowest BCUT2D eigenvalue weighted by atomic mass is 9.83. The summed E-state index contributed by atoms with van der Waals surface area (Å²) in [6.45, 7) is 5.29. The summed E-state index contributed by atoms with van der Waals surface area (Å²) in [6.07, 6.45) is 4.87. The van der Waals surface area contributed by atoms with Crippen molar-refractivity contribution < 1.29 is 19.8 Å². The number of carboxylic acids is 1. The fourth-order valence-electron chi connectivity index (χ4n) is 3.04. The Bertz CT molecular complexity index is 532. The molecule has 1 fully saturated rings. The number of carboxylic acid groups (broad SMARTS) is 1. The molecule has 4 atom stereocenters. The maximum Gasteiger partial charge on any atom is 0.235 e. The molecule has 0 aromatic carbocycles. The van der Waals surface area contributed by atoms with Crippen molar-refractivity contribution in [3.8, 4) is 0 Å². The highest BCUT2D eigenvalue weighted by Gasteiger charge is 2.55. The fourth-order valence-corrected chi connectivity index (χ4v) is 6.14. The average molecular weight is 357 g/mol. The number of carbonyl (C=O) groups is 2. The van der Waals surface area contributed by atoms with E-state index >= 15 is 0 Å². The Morgan fingerprint density at radius 3 is 2.87 bits per heavy atom. The summed E-state index contributed by atoms with van der Waals surface area (Å²) in [5.41, 5.74) is 0.0176. The molecule has 2 aliphatic rings. The molecule has 0 bridgehead atoms.